The molecule has 3 aromatic carbocycles. The van der Waals surface area contributed by atoms with Crippen molar-refractivity contribution in [3.05, 3.63) is 89.5 Å². The average molecular weight is 819 g/mol. The number of hydrogen-bond acceptors (Lipinski definition) is 12. The zero-order valence-corrected chi connectivity index (χ0v) is 27.5. The van der Waals surface area contributed by atoms with E-state index in [1.807, 2.05) is 0 Å². The fraction of sp³-hybridized carbons (Fsp3) is 0.300. The Morgan fingerprint density at radius 2 is 0.860 bits per heavy atom. The van der Waals surface area contributed by atoms with E-state index in [1.54, 1.807) is 36.4 Å². The van der Waals surface area contributed by atoms with Gasteiger partial charge in [0.25, 0.3) is 0 Å². The zero-order valence-electron chi connectivity index (χ0n) is 23.4. The SMILES string of the molecule is O=C(Cc1ccc(O)cc1)OCNC[C]([U])(CNCOC(=O)Cc1ccc(O)cc1)NCOC(=O)Cc1ccc(O)cc1. The van der Waals surface area contributed by atoms with Gasteiger partial charge in [0.2, 0.25) is 0 Å². The molecular weight excluding hydrogens is 784 g/mol. The maximum atomic E-state index is 12.3. The van der Waals surface area contributed by atoms with Crippen molar-refractivity contribution in [3.63, 3.8) is 0 Å². The van der Waals surface area contributed by atoms with Gasteiger partial charge in [-0.15, -0.1) is 0 Å². The van der Waals surface area contributed by atoms with Crippen LogP contribution in [0, 0.1) is 29.4 Å². The third-order valence-electron chi connectivity index (χ3n) is 6.02. The second-order valence-electron chi connectivity index (χ2n) is 9.62. The topological polar surface area (TPSA) is 176 Å². The van der Waals surface area contributed by atoms with Crippen LogP contribution in [0.15, 0.2) is 72.8 Å². The molecule has 0 spiro atoms. The Hall–Kier alpha value is -3.60. The number of ether oxygens (including phenoxy) is 3. The molecule has 227 valence electrons. The molecule has 0 aliphatic rings. The summed E-state index contributed by atoms with van der Waals surface area (Å²) in [5.74, 6) is -0.982. The molecule has 0 aliphatic carbocycles. The summed E-state index contributed by atoms with van der Waals surface area (Å²) in [5.41, 5.74) is 2.12. The minimum absolute atomic E-state index is 0.0446. The van der Waals surface area contributed by atoms with E-state index in [2.05, 4.69) is 16.0 Å². The summed E-state index contributed by atoms with van der Waals surface area (Å²) in [4.78, 5) is 36.7. The molecule has 0 bridgehead atoms. The molecule has 3 aromatic rings. The van der Waals surface area contributed by atoms with E-state index in [1.165, 1.54) is 36.4 Å². The van der Waals surface area contributed by atoms with Crippen molar-refractivity contribution < 1.29 is 73.3 Å². The molecule has 0 fully saturated rings. The van der Waals surface area contributed by atoms with Crippen LogP contribution in [0.1, 0.15) is 16.7 Å². The summed E-state index contributed by atoms with van der Waals surface area (Å²) >= 11 is 0.284. The standard InChI is InChI=1S/C30H34N3O9.U/c34-25-7-1-21(2-8-25)13-28(37)40-18-31-16-24(33-20-42-30(39)15-23-5-11-27(36)12-6-23)17-32-19-41-29(38)14-22-3-9-26(35)10-4-22;/h1-12,31-36H,13-20H2;. The molecule has 43 heavy (non-hydrogen) atoms. The number of rotatable bonds is 17. The Morgan fingerprint density at radius 1 is 0.558 bits per heavy atom. The van der Waals surface area contributed by atoms with Crippen molar-refractivity contribution in [1.29, 1.82) is 0 Å². The predicted molar refractivity (Wildman–Crippen MR) is 150 cm³/mol. The van der Waals surface area contributed by atoms with Gasteiger partial charge in [-0.1, -0.05) is 0 Å². The van der Waals surface area contributed by atoms with Crippen molar-refractivity contribution in [2.75, 3.05) is 33.3 Å². The van der Waals surface area contributed by atoms with Crippen molar-refractivity contribution >= 4 is 17.9 Å². The van der Waals surface area contributed by atoms with Gasteiger partial charge in [0.1, 0.15) is 0 Å². The molecule has 0 saturated carbocycles. The van der Waals surface area contributed by atoms with Gasteiger partial charge < -0.3 is 0 Å². The maximum absolute atomic E-state index is 12.3. The van der Waals surface area contributed by atoms with Gasteiger partial charge >= 0.3 is 269 Å². The number of carbonyl (C=O) groups excluding carboxylic acids is 3. The molecular formula is C30H34N3O9U. The quantitative estimate of drug-likeness (QED) is 0.0501. The van der Waals surface area contributed by atoms with Crippen LogP contribution in [0.2, 0.25) is 0 Å². The molecule has 0 radical (unpaired) electrons. The first kappa shape index (κ1) is 33.9. The summed E-state index contributed by atoms with van der Waals surface area (Å²) in [7, 11) is 0. The first-order valence-corrected chi connectivity index (χ1v) is 15.4. The molecule has 0 unspecified atom stereocenters. The Morgan fingerprint density at radius 3 is 1.19 bits per heavy atom. The summed E-state index contributed by atoms with van der Waals surface area (Å²) in [6.45, 7) is 0.549. The van der Waals surface area contributed by atoms with Crippen molar-refractivity contribution in [1.82, 2.24) is 16.0 Å². The van der Waals surface area contributed by atoms with Gasteiger partial charge in [0.15, 0.2) is 0 Å². The van der Waals surface area contributed by atoms with Crippen molar-refractivity contribution in [2.45, 2.75) is 21.8 Å². The monoisotopic (exact) mass is 818 g/mol. The molecule has 0 aromatic heterocycles. The average Bonchev–Trinajstić information content (AvgIpc) is 2.97. The predicted octanol–water partition coefficient (Wildman–Crippen LogP) is 1.35. The minimum atomic E-state index is -0.562. The van der Waals surface area contributed by atoms with E-state index in [0.717, 1.165) is 0 Å². The summed E-state index contributed by atoms with van der Waals surface area (Å²) in [5, 5.41) is 37.6. The van der Waals surface area contributed by atoms with Crippen LogP contribution >= 0.6 is 0 Å². The van der Waals surface area contributed by atoms with E-state index in [4.69, 9.17) is 14.2 Å². The molecule has 12 nitrogen and oxygen atoms in total. The second kappa shape index (κ2) is 17.5. The van der Waals surface area contributed by atoms with Crippen molar-refractivity contribution in [3.8, 4) is 17.2 Å². The summed E-state index contributed by atoms with van der Waals surface area (Å²) < 4.78 is 15.4. The normalized spacial score (nSPS) is 11.1. The van der Waals surface area contributed by atoms with Gasteiger partial charge in [-0.25, -0.2) is 0 Å². The van der Waals surface area contributed by atoms with Gasteiger partial charge in [-0.3, -0.25) is 0 Å². The van der Waals surface area contributed by atoms with Gasteiger partial charge in [0.05, 0.1) is 0 Å². The van der Waals surface area contributed by atoms with Crippen molar-refractivity contribution in [2.24, 2.45) is 0 Å². The molecule has 0 heterocycles. The van der Waals surface area contributed by atoms with Gasteiger partial charge in [-0.05, 0) is 0 Å². The Kier molecular flexibility index (Phi) is 13.8. The molecule has 13 heteroatoms. The Bertz CT molecular complexity index is 1250. The first-order chi connectivity index (χ1) is 20.6. The molecule has 6 N–H and O–H groups in total. The number of phenolic OH excluding ortho intramolecular Hbond substituents is 3. The van der Waals surface area contributed by atoms with E-state index in [-0.39, 0.29) is 86.1 Å². The van der Waals surface area contributed by atoms with Gasteiger partial charge in [-0.2, -0.15) is 0 Å². The van der Waals surface area contributed by atoms with Crippen LogP contribution in [-0.4, -0.2) is 69.1 Å². The van der Waals surface area contributed by atoms with Crippen LogP contribution in [0.3, 0.4) is 0 Å². The number of carbonyl (C=O) groups is 3. The van der Waals surface area contributed by atoms with Crippen LogP contribution in [0.4, 0.5) is 0 Å². The number of phenols is 3. The van der Waals surface area contributed by atoms with Crippen LogP contribution in [0.5, 0.6) is 17.2 Å². The van der Waals surface area contributed by atoms with E-state index < -0.39 is 20.5 Å². The second-order valence-corrected chi connectivity index (χ2v) is 13.6. The summed E-state index contributed by atoms with van der Waals surface area (Å²) in [6.07, 6.45) is 0.160. The van der Waals surface area contributed by atoms with Gasteiger partial charge in [0, 0.05) is 0 Å². The number of hydrogen-bond donors (Lipinski definition) is 6. The number of esters is 3. The number of aromatic hydroxyl groups is 3. The third kappa shape index (κ3) is 13.5. The van der Waals surface area contributed by atoms with Crippen LogP contribution < -0.4 is 16.0 Å². The molecule has 0 atom stereocenters. The number of benzene rings is 3. The van der Waals surface area contributed by atoms with Crippen LogP contribution in [0.25, 0.3) is 0 Å². The first-order valence-electron chi connectivity index (χ1n) is 13.3. The Labute approximate surface area is 268 Å². The van der Waals surface area contributed by atoms with E-state index >= 15 is 0 Å². The zero-order chi connectivity index (χ0) is 31.1. The molecule has 0 aliphatic heterocycles. The molecule has 3 rings (SSSR count). The third-order valence-corrected chi connectivity index (χ3v) is 8.23. The molecule has 0 amide bonds. The fourth-order valence-electron chi connectivity index (χ4n) is 3.73. The van der Waals surface area contributed by atoms with E-state index in [9.17, 15) is 29.7 Å². The Balaban J connectivity index is 1.45. The molecule has 0 saturated heterocycles. The fourth-order valence-corrected chi connectivity index (χ4v) is 5.07. The van der Waals surface area contributed by atoms with E-state index in [0.29, 0.717) is 29.8 Å². The summed E-state index contributed by atoms with van der Waals surface area (Å²) in [6, 6.07) is 18.8. The number of nitrogens with one attached hydrogen (secondary N) is 3. The van der Waals surface area contributed by atoms with Crippen LogP contribution in [-0.2, 0) is 47.9 Å².